The van der Waals surface area contributed by atoms with Crippen LogP contribution in [0.2, 0.25) is 0 Å². The highest BCUT2D eigenvalue weighted by Crippen LogP contribution is 2.34. The number of carbonyl (C=O) groups excluding carboxylic acids is 1. The molecule has 29 heavy (non-hydrogen) atoms. The van der Waals surface area contributed by atoms with E-state index in [0.717, 1.165) is 10.4 Å². The highest BCUT2D eigenvalue weighted by molar-refractivity contribution is 7.92. The van der Waals surface area contributed by atoms with Crippen LogP contribution in [0.5, 0.6) is 11.5 Å². The number of anilines is 1. The molecule has 0 radical (unpaired) electrons. The van der Waals surface area contributed by atoms with Crippen LogP contribution in [0.25, 0.3) is 0 Å². The minimum Gasteiger partial charge on any atom is -0.486 e. The van der Waals surface area contributed by atoms with Crippen LogP contribution in [0.4, 0.5) is 10.1 Å². The maximum atomic E-state index is 13.8. The maximum absolute atomic E-state index is 13.8. The largest absolute Gasteiger partial charge is 0.486 e. The molecule has 0 unspecified atom stereocenters. The minimum absolute atomic E-state index is 0.0552. The molecule has 2 aromatic carbocycles. The van der Waals surface area contributed by atoms with Crippen LogP contribution in [0.1, 0.15) is 13.8 Å². The second-order valence-electron chi connectivity index (χ2n) is 6.99. The summed E-state index contributed by atoms with van der Waals surface area (Å²) >= 11 is 0. The van der Waals surface area contributed by atoms with E-state index < -0.39 is 28.3 Å². The van der Waals surface area contributed by atoms with Gasteiger partial charge < -0.3 is 14.8 Å². The van der Waals surface area contributed by atoms with Gasteiger partial charge in [-0.1, -0.05) is 19.9 Å². The molecular formula is C20H23FN2O5S. The highest BCUT2D eigenvalue weighted by Gasteiger charge is 2.29. The molecule has 7 nitrogen and oxygen atoms in total. The lowest BCUT2D eigenvalue weighted by Crippen LogP contribution is -2.41. The van der Waals surface area contributed by atoms with E-state index in [1.165, 1.54) is 36.4 Å². The van der Waals surface area contributed by atoms with Crippen molar-refractivity contribution in [2.45, 2.75) is 18.7 Å². The van der Waals surface area contributed by atoms with Crippen molar-refractivity contribution in [1.29, 1.82) is 0 Å². The summed E-state index contributed by atoms with van der Waals surface area (Å²) in [6.07, 6.45) is 0. The summed E-state index contributed by atoms with van der Waals surface area (Å²) in [7, 11) is -4.17. The Morgan fingerprint density at radius 3 is 2.55 bits per heavy atom. The Hall–Kier alpha value is -2.81. The summed E-state index contributed by atoms with van der Waals surface area (Å²) in [4.78, 5) is 12.3. The van der Waals surface area contributed by atoms with Crippen LogP contribution in [0, 0.1) is 11.7 Å². The molecule has 0 spiro atoms. The standard InChI is InChI=1S/C20H23FN2O5S/c1-14(2)12-22-20(24)13-23(16-5-3-4-15(21)10-16)29(25,26)17-6-7-18-19(11-17)28-9-8-27-18/h3-7,10-11,14H,8-9,12-13H2,1-2H3,(H,22,24). The third-order valence-electron chi connectivity index (χ3n) is 4.19. The Balaban J connectivity index is 1.96. The first kappa shape index (κ1) is 20.9. The van der Waals surface area contributed by atoms with Crippen molar-refractivity contribution in [2.24, 2.45) is 5.92 Å². The highest BCUT2D eigenvalue weighted by atomic mass is 32.2. The van der Waals surface area contributed by atoms with Crippen LogP contribution < -0.4 is 19.1 Å². The van der Waals surface area contributed by atoms with E-state index in [9.17, 15) is 17.6 Å². The molecule has 0 aromatic heterocycles. The van der Waals surface area contributed by atoms with Crippen molar-refractivity contribution in [1.82, 2.24) is 5.32 Å². The molecule has 156 valence electrons. The van der Waals surface area contributed by atoms with Gasteiger partial charge in [0.2, 0.25) is 5.91 Å². The molecule has 1 aliphatic heterocycles. The number of nitrogens with one attached hydrogen (secondary N) is 1. The second kappa shape index (κ2) is 8.69. The van der Waals surface area contributed by atoms with Gasteiger partial charge in [-0.15, -0.1) is 0 Å². The molecule has 1 amide bonds. The zero-order chi connectivity index (χ0) is 21.0. The molecule has 1 aliphatic rings. The molecule has 2 aromatic rings. The van der Waals surface area contributed by atoms with E-state index in [-0.39, 0.29) is 16.5 Å². The molecule has 0 fully saturated rings. The summed E-state index contributed by atoms with van der Waals surface area (Å²) in [5.74, 6) is -0.129. The fourth-order valence-corrected chi connectivity index (χ4v) is 4.19. The average Bonchev–Trinajstić information content (AvgIpc) is 2.70. The van der Waals surface area contributed by atoms with Crippen molar-refractivity contribution in [2.75, 3.05) is 30.6 Å². The molecule has 3 rings (SSSR count). The van der Waals surface area contributed by atoms with Crippen molar-refractivity contribution < 1.29 is 27.1 Å². The van der Waals surface area contributed by atoms with Gasteiger partial charge in [0.1, 0.15) is 25.6 Å². The van der Waals surface area contributed by atoms with Gasteiger partial charge in [0.15, 0.2) is 11.5 Å². The predicted octanol–water partition coefficient (Wildman–Crippen LogP) is 2.56. The van der Waals surface area contributed by atoms with E-state index in [4.69, 9.17) is 9.47 Å². The number of hydrogen-bond donors (Lipinski definition) is 1. The van der Waals surface area contributed by atoms with E-state index in [0.29, 0.717) is 31.3 Å². The summed E-state index contributed by atoms with van der Waals surface area (Å²) < 4.78 is 52.2. The van der Waals surface area contributed by atoms with Gasteiger partial charge in [-0.3, -0.25) is 9.10 Å². The number of amides is 1. The Morgan fingerprint density at radius 1 is 1.14 bits per heavy atom. The molecule has 0 aliphatic carbocycles. The minimum atomic E-state index is -4.17. The van der Waals surface area contributed by atoms with Gasteiger partial charge in [-0.25, -0.2) is 12.8 Å². The van der Waals surface area contributed by atoms with E-state index >= 15 is 0 Å². The van der Waals surface area contributed by atoms with Crippen molar-refractivity contribution in [3.05, 3.63) is 48.3 Å². The monoisotopic (exact) mass is 422 g/mol. The maximum Gasteiger partial charge on any atom is 0.264 e. The third-order valence-corrected chi connectivity index (χ3v) is 5.96. The Kier molecular flexibility index (Phi) is 6.26. The SMILES string of the molecule is CC(C)CNC(=O)CN(c1cccc(F)c1)S(=O)(=O)c1ccc2c(c1)OCCO2. The first-order valence-electron chi connectivity index (χ1n) is 9.22. The number of sulfonamides is 1. The van der Waals surface area contributed by atoms with Crippen LogP contribution >= 0.6 is 0 Å². The topological polar surface area (TPSA) is 84.9 Å². The van der Waals surface area contributed by atoms with Gasteiger partial charge in [0, 0.05) is 12.6 Å². The normalized spacial score (nSPS) is 13.2. The molecule has 0 saturated carbocycles. The zero-order valence-electron chi connectivity index (χ0n) is 16.2. The number of ether oxygens (including phenoxy) is 2. The number of benzene rings is 2. The number of hydrogen-bond acceptors (Lipinski definition) is 5. The lowest BCUT2D eigenvalue weighted by Gasteiger charge is -2.25. The summed E-state index contributed by atoms with van der Waals surface area (Å²) in [6.45, 7) is 4.46. The molecule has 1 N–H and O–H groups in total. The Morgan fingerprint density at radius 2 is 1.86 bits per heavy atom. The molecular weight excluding hydrogens is 399 g/mol. The number of fused-ring (bicyclic) bond motifs is 1. The van der Waals surface area contributed by atoms with E-state index in [2.05, 4.69) is 5.32 Å². The fourth-order valence-electron chi connectivity index (χ4n) is 2.76. The van der Waals surface area contributed by atoms with Gasteiger partial charge in [0.05, 0.1) is 10.6 Å². The molecule has 1 heterocycles. The Bertz CT molecular complexity index is 994. The second-order valence-corrected chi connectivity index (χ2v) is 8.86. The van der Waals surface area contributed by atoms with Crippen LogP contribution in [0.3, 0.4) is 0 Å². The lowest BCUT2D eigenvalue weighted by atomic mass is 10.2. The lowest BCUT2D eigenvalue weighted by molar-refractivity contribution is -0.119. The van der Waals surface area contributed by atoms with E-state index in [1.807, 2.05) is 13.8 Å². The number of rotatable bonds is 7. The molecule has 9 heteroatoms. The molecule has 0 atom stereocenters. The molecule has 0 bridgehead atoms. The van der Waals surface area contributed by atoms with Crippen LogP contribution in [-0.2, 0) is 14.8 Å². The predicted molar refractivity (Wildman–Crippen MR) is 106 cm³/mol. The van der Waals surface area contributed by atoms with Crippen molar-refractivity contribution >= 4 is 21.6 Å². The number of nitrogens with zero attached hydrogens (tertiary/aromatic N) is 1. The average molecular weight is 422 g/mol. The van der Waals surface area contributed by atoms with Crippen LogP contribution in [-0.4, -0.2) is 40.6 Å². The number of carbonyl (C=O) groups is 1. The van der Waals surface area contributed by atoms with E-state index in [1.54, 1.807) is 0 Å². The van der Waals surface area contributed by atoms with Gasteiger partial charge in [-0.2, -0.15) is 0 Å². The van der Waals surface area contributed by atoms with Crippen molar-refractivity contribution in [3.63, 3.8) is 0 Å². The van der Waals surface area contributed by atoms with Gasteiger partial charge in [-0.05, 0) is 36.2 Å². The molecule has 0 saturated heterocycles. The fraction of sp³-hybridized carbons (Fsp3) is 0.350. The van der Waals surface area contributed by atoms with Gasteiger partial charge >= 0.3 is 0 Å². The summed E-state index contributed by atoms with van der Waals surface area (Å²) in [5, 5.41) is 2.69. The quantitative estimate of drug-likeness (QED) is 0.741. The smallest absolute Gasteiger partial charge is 0.264 e. The van der Waals surface area contributed by atoms with Crippen molar-refractivity contribution in [3.8, 4) is 11.5 Å². The Labute approximate surface area is 169 Å². The number of halogens is 1. The zero-order valence-corrected chi connectivity index (χ0v) is 17.0. The first-order valence-corrected chi connectivity index (χ1v) is 10.7. The third kappa shape index (κ3) is 4.97. The first-order chi connectivity index (χ1) is 13.8. The van der Waals surface area contributed by atoms with Crippen LogP contribution in [0.15, 0.2) is 47.4 Å². The summed E-state index contributed by atoms with van der Waals surface area (Å²) in [5.41, 5.74) is 0.0552. The summed E-state index contributed by atoms with van der Waals surface area (Å²) in [6, 6.07) is 9.34. The van der Waals surface area contributed by atoms with Gasteiger partial charge in [0.25, 0.3) is 10.0 Å².